The van der Waals surface area contributed by atoms with Gasteiger partial charge in [0.1, 0.15) is 6.04 Å². The third-order valence-electron chi connectivity index (χ3n) is 3.33. The van der Waals surface area contributed by atoms with Gasteiger partial charge in [0.2, 0.25) is 5.91 Å². The summed E-state index contributed by atoms with van der Waals surface area (Å²) in [6.45, 7) is 1.73. The Hall–Kier alpha value is -2.82. The zero-order valence-electron chi connectivity index (χ0n) is 12.0. The lowest BCUT2D eigenvalue weighted by atomic mass is 10.3. The number of terminal acetylenes is 1. The maximum atomic E-state index is 12.2. The summed E-state index contributed by atoms with van der Waals surface area (Å²) in [5.74, 6) is 1.97. The fraction of sp³-hybridized carbons (Fsp3) is 0.385. The molecule has 0 aliphatic rings. The molecule has 1 N–H and O–H groups in total. The van der Waals surface area contributed by atoms with Gasteiger partial charge in [0.15, 0.2) is 11.2 Å². The summed E-state index contributed by atoms with van der Waals surface area (Å²) in [6, 6.07) is -0.673. The van der Waals surface area contributed by atoms with Crippen molar-refractivity contribution in [2.24, 2.45) is 14.1 Å². The van der Waals surface area contributed by atoms with Gasteiger partial charge in [-0.15, -0.1) is 6.42 Å². The second kappa shape index (κ2) is 5.28. The highest BCUT2D eigenvalue weighted by atomic mass is 16.2. The molecule has 0 spiro atoms. The van der Waals surface area contributed by atoms with Crippen molar-refractivity contribution in [2.75, 3.05) is 6.54 Å². The molecular weight excluding hydrogens is 274 g/mol. The molecule has 0 aromatic carbocycles. The van der Waals surface area contributed by atoms with E-state index in [4.69, 9.17) is 6.42 Å². The van der Waals surface area contributed by atoms with Crippen LogP contribution in [-0.2, 0) is 18.9 Å². The van der Waals surface area contributed by atoms with Gasteiger partial charge in [0.05, 0.1) is 12.9 Å². The zero-order valence-corrected chi connectivity index (χ0v) is 12.0. The molecule has 2 aromatic rings. The van der Waals surface area contributed by atoms with Gasteiger partial charge in [-0.2, -0.15) is 0 Å². The maximum Gasteiger partial charge on any atom is 0.332 e. The van der Waals surface area contributed by atoms with Crippen LogP contribution in [0.2, 0.25) is 0 Å². The van der Waals surface area contributed by atoms with E-state index in [1.165, 1.54) is 29.6 Å². The van der Waals surface area contributed by atoms with Crippen LogP contribution in [0.4, 0.5) is 0 Å². The predicted molar refractivity (Wildman–Crippen MR) is 76.8 cm³/mol. The third kappa shape index (κ3) is 2.23. The Morgan fingerprint density at radius 3 is 2.71 bits per heavy atom. The molecule has 8 nitrogen and oxygen atoms in total. The van der Waals surface area contributed by atoms with Crippen LogP contribution in [0.1, 0.15) is 13.0 Å². The van der Waals surface area contributed by atoms with Crippen molar-refractivity contribution in [1.82, 2.24) is 24.0 Å². The number of amides is 1. The Morgan fingerprint density at radius 2 is 2.10 bits per heavy atom. The monoisotopic (exact) mass is 289 g/mol. The average Bonchev–Trinajstić information content (AvgIpc) is 2.92. The Kier molecular flexibility index (Phi) is 3.67. The van der Waals surface area contributed by atoms with E-state index in [9.17, 15) is 14.4 Å². The van der Waals surface area contributed by atoms with Gasteiger partial charge in [-0.25, -0.2) is 9.78 Å². The highest BCUT2D eigenvalue weighted by Gasteiger charge is 2.21. The van der Waals surface area contributed by atoms with E-state index in [2.05, 4.69) is 16.2 Å². The summed E-state index contributed by atoms with van der Waals surface area (Å²) in [5, 5.41) is 2.54. The number of imidazole rings is 1. The lowest BCUT2D eigenvalue weighted by Gasteiger charge is -2.13. The fourth-order valence-corrected chi connectivity index (χ4v) is 2.07. The normalized spacial score (nSPS) is 12.1. The van der Waals surface area contributed by atoms with Crippen molar-refractivity contribution in [1.29, 1.82) is 0 Å². The molecule has 0 fully saturated rings. The molecule has 2 heterocycles. The molecule has 21 heavy (non-hydrogen) atoms. The van der Waals surface area contributed by atoms with Gasteiger partial charge in [0.25, 0.3) is 5.56 Å². The molecule has 1 atom stereocenters. The lowest BCUT2D eigenvalue weighted by Crippen LogP contribution is -2.38. The van der Waals surface area contributed by atoms with Crippen LogP contribution in [0.3, 0.4) is 0 Å². The predicted octanol–water partition coefficient (Wildman–Crippen LogP) is -1.26. The molecule has 2 aromatic heterocycles. The zero-order chi connectivity index (χ0) is 15.7. The molecule has 0 bridgehead atoms. The summed E-state index contributed by atoms with van der Waals surface area (Å²) >= 11 is 0. The Balaban J connectivity index is 2.63. The average molecular weight is 289 g/mol. The number of aryl methyl sites for hydroxylation is 1. The highest BCUT2D eigenvalue weighted by molar-refractivity contribution is 5.82. The number of carbonyl (C=O) groups excluding carboxylic acids is 1. The van der Waals surface area contributed by atoms with E-state index in [-0.39, 0.29) is 23.6 Å². The van der Waals surface area contributed by atoms with Gasteiger partial charge in [0, 0.05) is 14.1 Å². The summed E-state index contributed by atoms with van der Waals surface area (Å²) in [6.07, 6.45) is 6.46. The molecule has 0 saturated carbocycles. The highest BCUT2D eigenvalue weighted by Crippen LogP contribution is 2.13. The molecule has 0 aliphatic carbocycles. The minimum Gasteiger partial charge on any atom is -0.343 e. The number of aromatic nitrogens is 4. The van der Waals surface area contributed by atoms with Crippen molar-refractivity contribution in [3.05, 3.63) is 27.2 Å². The lowest BCUT2D eigenvalue weighted by molar-refractivity contribution is -0.123. The second-order valence-corrected chi connectivity index (χ2v) is 4.63. The Labute approximate surface area is 120 Å². The van der Waals surface area contributed by atoms with Crippen molar-refractivity contribution >= 4 is 17.1 Å². The van der Waals surface area contributed by atoms with Crippen LogP contribution in [0, 0.1) is 12.3 Å². The Morgan fingerprint density at radius 1 is 1.43 bits per heavy atom. The second-order valence-electron chi connectivity index (χ2n) is 4.63. The fourth-order valence-electron chi connectivity index (χ4n) is 2.07. The van der Waals surface area contributed by atoms with Crippen molar-refractivity contribution < 1.29 is 4.79 Å². The number of nitrogens with zero attached hydrogens (tertiary/aromatic N) is 4. The molecule has 0 radical (unpaired) electrons. The van der Waals surface area contributed by atoms with Gasteiger partial charge in [-0.05, 0) is 6.92 Å². The van der Waals surface area contributed by atoms with Gasteiger partial charge in [-0.3, -0.25) is 18.7 Å². The number of hydrogen-bond donors (Lipinski definition) is 1. The van der Waals surface area contributed by atoms with Crippen molar-refractivity contribution in [3.8, 4) is 12.3 Å². The standard InChI is InChI=1S/C13H15N5O3/c1-5-6-14-11(19)8(2)18-7-15-10-9(18)12(20)17(4)13(21)16(10)3/h1,7-8H,6H2,2-4H3,(H,14,19). The van der Waals surface area contributed by atoms with Crippen LogP contribution in [0.25, 0.3) is 11.2 Å². The number of fused-ring (bicyclic) bond motifs is 1. The molecule has 110 valence electrons. The van der Waals surface area contributed by atoms with Crippen LogP contribution < -0.4 is 16.6 Å². The maximum absolute atomic E-state index is 12.2. The number of rotatable bonds is 3. The number of hydrogen-bond acceptors (Lipinski definition) is 4. The van der Waals surface area contributed by atoms with E-state index in [0.717, 1.165) is 4.57 Å². The van der Waals surface area contributed by atoms with E-state index in [1.54, 1.807) is 6.92 Å². The summed E-state index contributed by atoms with van der Waals surface area (Å²) in [7, 11) is 2.90. The Bertz CT molecular complexity index is 865. The molecule has 8 heteroatoms. The topological polar surface area (TPSA) is 90.9 Å². The summed E-state index contributed by atoms with van der Waals surface area (Å²) in [4.78, 5) is 40.1. The smallest absolute Gasteiger partial charge is 0.332 e. The first-order valence-corrected chi connectivity index (χ1v) is 6.23. The van der Waals surface area contributed by atoms with Gasteiger partial charge in [-0.1, -0.05) is 5.92 Å². The largest absolute Gasteiger partial charge is 0.343 e. The molecule has 1 amide bonds. The first kappa shape index (κ1) is 14.6. The van der Waals surface area contributed by atoms with E-state index >= 15 is 0 Å². The van der Waals surface area contributed by atoms with Crippen LogP contribution in [0.5, 0.6) is 0 Å². The molecule has 0 aliphatic heterocycles. The van der Waals surface area contributed by atoms with Crippen LogP contribution in [-0.4, -0.2) is 31.1 Å². The van der Waals surface area contributed by atoms with Crippen molar-refractivity contribution in [2.45, 2.75) is 13.0 Å². The molecule has 1 unspecified atom stereocenters. The molecule has 0 saturated heterocycles. The first-order valence-electron chi connectivity index (χ1n) is 6.23. The van der Waals surface area contributed by atoms with E-state index in [1.807, 2.05) is 0 Å². The van der Waals surface area contributed by atoms with Gasteiger partial charge >= 0.3 is 5.69 Å². The summed E-state index contributed by atoms with van der Waals surface area (Å²) in [5.41, 5.74) is -0.535. The molecule has 2 rings (SSSR count). The third-order valence-corrected chi connectivity index (χ3v) is 3.33. The van der Waals surface area contributed by atoms with Crippen LogP contribution >= 0.6 is 0 Å². The van der Waals surface area contributed by atoms with E-state index < -0.39 is 17.3 Å². The summed E-state index contributed by atoms with van der Waals surface area (Å²) < 4.78 is 3.68. The van der Waals surface area contributed by atoms with Crippen molar-refractivity contribution in [3.63, 3.8) is 0 Å². The minimum atomic E-state index is -0.673. The number of nitrogens with one attached hydrogen (secondary N) is 1. The number of carbonyl (C=O) groups is 1. The molecular formula is C13H15N5O3. The van der Waals surface area contributed by atoms with E-state index in [0.29, 0.717) is 0 Å². The SMILES string of the molecule is C#CCNC(=O)C(C)n1cnc2c1c(=O)n(C)c(=O)n2C. The van der Waals surface area contributed by atoms with Crippen LogP contribution in [0.15, 0.2) is 15.9 Å². The quantitative estimate of drug-likeness (QED) is 0.714. The minimum absolute atomic E-state index is 0.103. The van der Waals surface area contributed by atoms with Gasteiger partial charge < -0.3 is 9.88 Å². The first-order chi connectivity index (χ1) is 9.90.